The smallest absolute Gasteiger partial charge is 0.348 e. The second kappa shape index (κ2) is 4.90. The molecule has 0 radical (unpaired) electrons. The van der Waals surface area contributed by atoms with Crippen molar-refractivity contribution in [2.24, 2.45) is 5.73 Å². The summed E-state index contributed by atoms with van der Waals surface area (Å²) in [5, 5.41) is 8.54. The number of nitrogens with two attached hydrogens (primary N) is 1. The normalized spacial score (nSPS) is 12.1. The lowest BCUT2D eigenvalue weighted by Gasteiger charge is -2.04. The van der Waals surface area contributed by atoms with Gasteiger partial charge in [-0.1, -0.05) is 0 Å². The molecule has 82 valence electrons. The summed E-state index contributed by atoms with van der Waals surface area (Å²) in [5.74, 6) is -1.40. The number of rotatable bonds is 4. The number of aliphatic carboxylic acids is 1. The van der Waals surface area contributed by atoms with Crippen LogP contribution in [0.4, 0.5) is 0 Å². The highest BCUT2D eigenvalue weighted by atomic mass is 32.1. The number of methoxy groups -OCH3 is 1. The molecule has 0 aliphatic carbocycles. The van der Waals surface area contributed by atoms with Crippen molar-refractivity contribution < 1.29 is 19.4 Å². The number of carboxylic acids is 1. The first-order valence-electron chi connectivity index (χ1n) is 4.20. The highest BCUT2D eigenvalue weighted by Gasteiger charge is 2.15. The summed E-state index contributed by atoms with van der Waals surface area (Å²) < 4.78 is 4.52. The van der Waals surface area contributed by atoms with Crippen LogP contribution in [-0.2, 0) is 9.53 Å². The van der Waals surface area contributed by atoms with Crippen LogP contribution >= 0.6 is 11.3 Å². The van der Waals surface area contributed by atoms with Crippen LogP contribution < -0.4 is 5.73 Å². The summed E-state index contributed by atoms with van der Waals surface area (Å²) in [6.45, 7) is 0. The van der Waals surface area contributed by atoms with Crippen LogP contribution in [-0.4, -0.2) is 24.2 Å². The Morgan fingerprint density at radius 2 is 2.27 bits per heavy atom. The molecule has 0 saturated carbocycles. The molecule has 1 aromatic rings. The average Bonchev–Trinajstić information content (AvgIpc) is 2.64. The standard InChI is InChI=1S/C9H11NO4S/c1-14-9(13)7-3-2-6(15-7)5(10)4-8(11)12/h2-3,5H,4,10H2,1H3,(H,11,12). The molecule has 5 nitrogen and oxygen atoms in total. The minimum absolute atomic E-state index is 0.152. The number of hydrogen-bond acceptors (Lipinski definition) is 5. The third-order valence-electron chi connectivity index (χ3n) is 1.77. The first kappa shape index (κ1) is 11.7. The fourth-order valence-corrected chi connectivity index (χ4v) is 1.98. The predicted molar refractivity (Wildman–Crippen MR) is 54.8 cm³/mol. The Kier molecular flexibility index (Phi) is 3.81. The molecular formula is C9H11NO4S. The SMILES string of the molecule is COC(=O)c1ccc(C(N)CC(=O)O)s1. The van der Waals surface area contributed by atoms with Crippen LogP contribution in [0.5, 0.6) is 0 Å². The molecule has 1 rings (SSSR count). The molecule has 0 bridgehead atoms. The van der Waals surface area contributed by atoms with Crippen LogP contribution in [0.3, 0.4) is 0 Å². The number of hydrogen-bond donors (Lipinski definition) is 2. The Balaban J connectivity index is 2.75. The van der Waals surface area contributed by atoms with Crippen molar-refractivity contribution >= 4 is 23.3 Å². The lowest BCUT2D eigenvalue weighted by atomic mass is 10.2. The maximum absolute atomic E-state index is 11.1. The van der Waals surface area contributed by atoms with E-state index in [0.717, 1.165) is 11.3 Å². The fraction of sp³-hybridized carbons (Fsp3) is 0.333. The molecular weight excluding hydrogens is 218 g/mol. The number of carbonyl (C=O) groups excluding carboxylic acids is 1. The molecule has 0 saturated heterocycles. The fourth-order valence-electron chi connectivity index (χ4n) is 1.05. The van der Waals surface area contributed by atoms with Gasteiger partial charge in [-0.25, -0.2) is 4.79 Å². The van der Waals surface area contributed by atoms with Gasteiger partial charge in [0.05, 0.1) is 13.5 Å². The second-order valence-electron chi connectivity index (χ2n) is 2.90. The Morgan fingerprint density at radius 3 is 2.80 bits per heavy atom. The van der Waals surface area contributed by atoms with Gasteiger partial charge < -0.3 is 15.6 Å². The van der Waals surface area contributed by atoms with Crippen molar-refractivity contribution in [1.29, 1.82) is 0 Å². The lowest BCUT2D eigenvalue weighted by Crippen LogP contribution is -2.13. The minimum Gasteiger partial charge on any atom is -0.481 e. The number of carbonyl (C=O) groups is 2. The summed E-state index contributed by atoms with van der Waals surface area (Å²) in [4.78, 5) is 22.6. The lowest BCUT2D eigenvalue weighted by molar-refractivity contribution is -0.137. The van der Waals surface area contributed by atoms with Gasteiger partial charge in [0.2, 0.25) is 0 Å². The zero-order chi connectivity index (χ0) is 11.4. The van der Waals surface area contributed by atoms with E-state index in [4.69, 9.17) is 10.8 Å². The van der Waals surface area contributed by atoms with E-state index in [2.05, 4.69) is 4.74 Å². The molecule has 3 N–H and O–H groups in total. The van der Waals surface area contributed by atoms with Crippen molar-refractivity contribution in [3.8, 4) is 0 Å². The van der Waals surface area contributed by atoms with Gasteiger partial charge in [0.15, 0.2) is 0 Å². The van der Waals surface area contributed by atoms with Gasteiger partial charge in [0.1, 0.15) is 4.88 Å². The first-order chi connectivity index (χ1) is 7.04. The van der Waals surface area contributed by atoms with Gasteiger partial charge in [-0.15, -0.1) is 11.3 Å². The number of carboxylic acid groups (broad SMARTS) is 1. The van der Waals surface area contributed by atoms with Crippen molar-refractivity contribution in [3.05, 3.63) is 21.9 Å². The highest BCUT2D eigenvalue weighted by Crippen LogP contribution is 2.24. The van der Waals surface area contributed by atoms with E-state index in [9.17, 15) is 9.59 Å². The van der Waals surface area contributed by atoms with Gasteiger partial charge >= 0.3 is 11.9 Å². The minimum atomic E-state index is -0.962. The van der Waals surface area contributed by atoms with E-state index >= 15 is 0 Å². The van der Waals surface area contributed by atoms with E-state index < -0.39 is 18.0 Å². The van der Waals surface area contributed by atoms with E-state index in [1.54, 1.807) is 12.1 Å². The van der Waals surface area contributed by atoms with Crippen LogP contribution in [0.15, 0.2) is 12.1 Å². The summed E-state index contributed by atoms with van der Waals surface area (Å²) >= 11 is 1.15. The van der Waals surface area contributed by atoms with Gasteiger partial charge in [-0.3, -0.25) is 4.79 Å². The van der Waals surface area contributed by atoms with Crippen LogP contribution in [0.25, 0.3) is 0 Å². The third-order valence-corrected chi connectivity index (χ3v) is 2.97. The van der Waals surface area contributed by atoms with E-state index in [1.807, 2.05) is 0 Å². The van der Waals surface area contributed by atoms with Crippen LogP contribution in [0.2, 0.25) is 0 Å². The summed E-state index contributed by atoms with van der Waals surface area (Å²) in [6, 6.07) is 2.64. The molecule has 0 amide bonds. The molecule has 6 heteroatoms. The van der Waals surface area contributed by atoms with Gasteiger partial charge in [0, 0.05) is 10.9 Å². The molecule has 1 unspecified atom stereocenters. The molecule has 15 heavy (non-hydrogen) atoms. The molecule has 1 heterocycles. The van der Waals surface area contributed by atoms with Crippen molar-refractivity contribution in [3.63, 3.8) is 0 Å². The molecule has 0 spiro atoms. The molecule has 0 aromatic carbocycles. The molecule has 0 fully saturated rings. The van der Waals surface area contributed by atoms with E-state index in [1.165, 1.54) is 7.11 Å². The van der Waals surface area contributed by atoms with Crippen molar-refractivity contribution in [2.75, 3.05) is 7.11 Å². The van der Waals surface area contributed by atoms with E-state index in [0.29, 0.717) is 9.75 Å². The Labute approximate surface area is 90.5 Å². The average molecular weight is 229 g/mol. The van der Waals surface area contributed by atoms with Crippen LogP contribution in [0.1, 0.15) is 27.0 Å². The van der Waals surface area contributed by atoms with Crippen molar-refractivity contribution in [1.82, 2.24) is 0 Å². The van der Waals surface area contributed by atoms with Gasteiger partial charge in [-0.2, -0.15) is 0 Å². The quantitative estimate of drug-likeness (QED) is 0.752. The zero-order valence-electron chi connectivity index (χ0n) is 8.10. The molecule has 1 aromatic heterocycles. The Morgan fingerprint density at radius 1 is 1.60 bits per heavy atom. The number of ether oxygens (including phenoxy) is 1. The van der Waals surface area contributed by atoms with Crippen LogP contribution in [0, 0.1) is 0 Å². The maximum atomic E-state index is 11.1. The topological polar surface area (TPSA) is 89.6 Å². The Hall–Kier alpha value is -1.40. The van der Waals surface area contributed by atoms with Crippen molar-refractivity contribution in [2.45, 2.75) is 12.5 Å². The third kappa shape index (κ3) is 3.03. The maximum Gasteiger partial charge on any atom is 0.348 e. The monoisotopic (exact) mass is 229 g/mol. The summed E-state index contributed by atoms with van der Waals surface area (Å²) in [5.41, 5.74) is 5.63. The molecule has 0 aliphatic rings. The summed E-state index contributed by atoms with van der Waals surface area (Å²) in [7, 11) is 1.29. The van der Waals surface area contributed by atoms with Gasteiger partial charge in [-0.05, 0) is 12.1 Å². The molecule has 1 atom stereocenters. The van der Waals surface area contributed by atoms with E-state index in [-0.39, 0.29) is 6.42 Å². The van der Waals surface area contributed by atoms with Gasteiger partial charge in [0.25, 0.3) is 0 Å². The number of esters is 1. The second-order valence-corrected chi connectivity index (χ2v) is 4.01. The molecule has 0 aliphatic heterocycles. The Bertz CT molecular complexity index is 374. The zero-order valence-corrected chi connectivity index (χ0v) is 8.91. The highest BCUT2D eigenvalue weighted by molar-refractivity contribution is 7.14. The largest absolute Gasteiger partial charge is 0.481 e. The summed E-state index contributed by atoms with van der Waals surface area (Å²) in [6.07, 6.45) is -0.152. The first-order valence-corrected chi connectivity index (χ1v) is 5.01. The predicted octanol–water partition coefficient (Wildman–Crippen LogP) is 1.01. The number of thiophene rings is 1.